The quantitative estimate of drug-likeness (QED) is 0.328. The van der Waals surface area contributed by atoms with Gasteiger partial charge in [0.25, 0.3) is 11.9 Å². The number of H-pyrrole nitrogens is 1. The summed E-state index contributed by atoms with van der Waals surface area (Å²) in [6, 6.07) is 9.88. The summed E-state index contributed by atoms with van der Waals surface area (Å²) in [6.45, 7) is 1.53. The number of urea groups is 1. The highest BCUT2D eigenvalue weighted by Crippen LogP contribution is 2.46. The third kappa shape index (κ3) is 5.60. The molecule has 1 saturated carbocycles. The van der Waals surface area contributed by atoms with Gasteiger partial charge in [-0.3, -0.25) is 14.5 Å². The zero-order chi connectivity index (χ0) is 30.0. The molecule has 14 nitrogen and oxygen atoms in total. The molecule has 42 heavy (non-hydrogen) atoms. The molecule has 2 unspecified atom stereocenters. The van der Waals surface area contributed by atoms with Crippen molar-refractivity contribution in [1.29, 1.82) is 0 Å². The Hall–Kier alpha value is -5.01. The number of tetrazole rings is 1. The van der Waals surface area contributed by atoms with Gasteiger partial charge in [0.2, 0.25) is 5.91 Å². The predicted molar refractivity (Wildman–Crippen MR) is 153 cm³/mol. The fourth-order valence-corrected chi connectivity index (χ4v) is 6.30. The number of aromatic nitrogens is 4. The highest BCUT2D eigenvalue weighted by molar-refractivity contribution is 6.08. The van der Waals surface area contributed by atoms with E-state index >= 15 is 0 Å². The number of aryl methyl sites for hydroxylation is 1. The molecule has 0 bridgehead atoms. The zero-order valence-electron chi connectivity index (χ0n) is 23.1. The number of benzene rings is 2. The Labute approximate surface area is 241 Å². The molecule has 1 fully saturated rings. The van der Waals surface area contributed by atoms with Gasteiger partial charge in [0, 0.05) is 11.4 Å². The van der Waals surface area contributed by atoms with Crippen LogP contribution in [0.15, 0.2) is 42.5 Å². The van der Waals surface area contributed by atoms with E-state index in [4.69, 9.17) is 11.5 Å². The molecule has 1 aliphatic carbocycles. The second-order valence-electron chi connectivity index (χ2n) is 10.8. The van der Waals surface area contributed by atoms with Gasteiger partial charge in [0.05, 0.1) is 5.69 Å². The SMILES string of the molecule is Cc1ccc2c(c1)N(CC(N)=O)C(=O)C(N(C(N)=O)c1cccc(N(C(=O)O)c3nnn[nH]3)c1)CC2C1CCCCC1. The number of carbonyl (C=O) groups is 4. The molecule has 2 atom stereocenters. The van der Waals surface area contributed by atoms with E-state index < -0.39 is 30.0 Å². The number of amides is 5. The van der Waals surface area contributed by atoms with Crippen LogP contribution in [0, 0.1) is 12.8 Å². The molecular formula is C28H33N9O5. The summed E-state index contributed by atoms with van der Waals surface area (Å²) in [4.78, 5) is 55.2. The Bertz CT molecular complexity index is 1490. The number of nitrogens with zero attached hydrogens (tertiary/aromatic N) is 6. The van der Waals surface area contributed by atoms with Crippen molar-refractivity contribution < 1.29 is 24.3 Å². The van der Waals surface area contributed by atoms with Gasteiger partial charge < -0.3 is 21.5 Å². The minimum Gasteiger partial charge on any atom is -0.464 e. The van der Waals surface area contributed by atoms with E-state index in [0.29, 0.717) is 5.69 Å². The number of aromatic amines is 1. The molecule has 2 heterocycles. The highest BCUT2D eigenvalue weighted by atomic mass is 16.4. The first-order chi connectivity index (χ1) is 20.2. The maximum absolute atomic E-state index is 14.3. The van der Waals surface area contributed by atoms with Crippen molar-refractivity contribution in [2.45, 2.75) is 57.4 Å². The monoisotopic (exact) mass is 575 g/mol. The van der Waals surface area contributed by atoms with Crippen LogP contribution in [0.4, 0.5) is 32.6 Å². The molecule has 0 radical (unpaired) electrons. The summed E-state index contributed by atoms with van der Waals surface area (Å²) in [5.41, 5.74) is 14.3. The van der Waals surface area contributed by atoms with Gasteiger partial charge in [-0.1, -0.05) is 42.6 Å². The fourth-order valence-electron chi connectivity index (χ4n) is 6.30. The summed E-state index contributed by atoms with van der Waals surface area (Å²) in [5, 5.41) is 22.9. The Morgan fingerprint density at radius 3 is 2.45 bits per heavy atom. The van der Waals surface area contributed by atoms with Gasteiger partial charge in [-0.05, 0) is 83.8 Å². The molecule has 1 aliphatic heterocycles. The van der Waals surface area contributed by atoms with Gasteiger partial charge in [-0.15, -0.1) is 0 Å². The van der Waals surface area contributed by atoms with Crippen LogP contribution in [0.1, 0.15) is 55.6 Å². The second-order valence-corrected chi connectivity index (χ2v) is 10.8. The van der Waals surface area contributed by atoms with Gasteiger partial charge in [0.15, 0.2) is 0 Å². The number of anilines is 4. The summed E-state index contributed by atoms with van der Waals surface area (Å²) < 4.78 is 0. The number of primary amides is 2. The summed E-state index contributed by atoms with van der Waals surface area (Å²) in [6.07, 6.45) is 4.10. The molecule has 5 amide bonds. The molecule has 14 heteroatoms. The lowest BCUT2D eigenvalue weighted by molar-refractivity contribution is -0.123. The fraction of sp³-hybridized carbons (Fsp3) is 0.393. The third-order valence-electron chi connectivity index (χ3n) is 8.09. The lowest BCUT2D eigenvalue weighted by Gasteiger charge is -2.35. The molecule has 220 valence electrons. The maximum Gasteiger partial charge on any atom is 0.418 e. The predicted octanol–water partition coefficient (Wildman–Crippen LogP) is 3.16. The smallest absolute Gasteiger partial charge is 0.418 e. The molecule has 5 rings (SSSR count). The average Bonchev–Trinajstić information content (AvgIpc) is 3.45. The van der Waals surface area contributed by atoms with Crippen LogP contribution in [0.25, 0.3) is 0 Å². The number of nitrogens with one attached hydrogen (secondary N) is 1. The van der Waals surface area contributed by atoms with Crippen molar-refractivity contribution in [2.24, 2.45) is 17.4 Å². The first-order valence-electron chi connectivity index (χ1n) is 13.8. The van der Waals surface area contributed by atoms with Gasteiger partial charge >= 0.3 is 12.1 Å². The van der Waals surface area contributed by atoms with Gasteiger partial charge in [-0.25, -0.2) is 19.6 Å². The van der Waals surface area contributed by atoms with Crippen molar-refractivity contribution in [3.63, 3.8) is 0 Å². The lowest BCUT2D eigenvalue weighted by Crippen LogP contribution is -2.54. The van der Waals surface area contributed by atoms with E-state index in [1.54, 1.807) is 12.1 Å². The molecule has 6 N–H and O–H groups in total. The molecule has 0 spiro atoms. The largest absolute Gasteiger partial charge is 0.464 e. The van der Waals surface area contributed by atoms with Crippen molar-refractivity contribution in [2.75, 3.05) is 21.2 Å². The number of nitrogens with two attached hydrogens (primary N) is 2. The van der Waals surface area contributed by atoms with E-state index in [-0.39, 0.29) is 42.1 Å². The van der Waals surface area contributed by atoms with E-state index in [0.717, 1.165) is 48.1 Å². The normalized spacial score (nSPS) is 19.1. The molecule has 2 aliphatic rings. The first-order valence-corrected chi connectivity index (χ1v) is 13.8. The van der Waals surface area contributed by atoms with Gasteiger partial charge in [0.1, 0.15) is 12.6 Å². The zero-order valence-corrected chi connectivity index (χ0v) is 23.1. The summed E-state index contributed by atoms with van der Waals surface area (Å²) in [7, 11) is 0. The number of rotatable bonds is 7. The highest BCUT2D eigenvalue weighted by Gasteiger charge is 2.43. The summed E-state index contributed by atoms with van der Waals surface area (Å²) in [5.74, 6) is -1.21. The van der Waals surface area contributed by atoms with Gasteiger partial charge in [-0.2, -0.15) is 0 Å². The lowest BCUT2D eigenvalue weighted by atomic mass is 9.74. The van der Waals surface area contributed by atoms with Crippen LogP contribution in [0.3, 0.4) is 0 Å². The number of carbonyl (C=O) groups excluding carboxylic acids is 3. The number of hydrogen-bond acceptors (Lipinski definition) is 7. The molecule has 3 aromatic rings. The second kappa shape index (κ2) is 11.8. The first kappa shape index (κ1) is 28.5. The Morgan fingerprint density at radius 1 is 1.07 bits per heavy atom. The average molecular weight is 576 g/mol. The van der Waals surface area contributed by atoms with E-state index in [1.165, 1.54) is 21.9 Å². The van der Waals surface area contributed by atoms with Crippen LogP contribution in [0.5, 0.6) is 0 Å². The minimum atomic E-state index is -1.38. The maximum atomic E-state index is 14.3. The minimum absolute atomic E-state index is 0.103. The van der Waals surface area contributed by atoms with Crippen LogP contribution in [0.2, 0.25) is 0 Å². The Morgan fingerprint density at radius 2 is 1.81 bits per heavy atom. The number of carboxylic acid groups (broad SMARTS) is 1. The van der Waals surface area contributed by atoms with Crippen molar-refractivity contribution in [3.8, 4) is 0 Å². The van der Waals surface area contributed by atoms with Crippen LogP contribution in [-0.2, 0) is 9.59 Å². The topological polar surface area (TPSA) is 205 Å². The van der Waals surface area contributed by atoms with Crippen LogP contribution in [-0.4, -0.2) is 62.3 Å². The van der Waals surface area contributed by atoms with E-state index in [9.17, 15) is 24.3 Å². The molecule has 2 aromatic carbocycles. The van der Waals surface area contributed by atoms with E-state index in [1.807, 2.05) is 25.1 Å². The van der Waals surface area contributed by atoms with Crippen molar-refractivity contribution in [3.05, 3.63) is 53.6 Å². The number of fused-ring (bicyclic) bond motifs is 1. The Balaban J connectivity index is 1.63. The van der Waals surface area contributed by atoms with Crippen LogP contribution >= 0.6 is 0 Å². The molecule has 0 saturated heterocycles. The number of hydrogen-bond donors (Lipinski definition) is 4. The third-order valence-corrected chi connectivity index (χ3v) is 8.09. The van der Waals surface area contributed by atoms with Crippen molar-refractivity contribution in [1.82, 2.24) is 20.6 Å². The Kier molecular flexibility index (Phi) is 8.04. The van der Waals surface area contributed by atoms with E-state index in [2.05, 4.69) is 20.6 Å². The summed E-state index contributed by atoms with van der Waals surface area (Å²) >= 11 is 0. The molecular weight excluding hydrogens is 542 g/mol. The molecule has 1 aromatic heterocycles. The van der Waals surface area contributed by atoms with Crippen molar-refractivity contribution >= 4 is 46.9 Å². The standard InChI is InChI=1S/C28H33N9O5/c1-16-10-11-20-21(17-6-3-2-4-7-17)14-23(25(39)35(15-24(29)38)22(20)12-16)36(26(30)40)18-8-5-9-19(13-18)37(28(41)42)27-31-33-34-32-27/h5,8-13,17,21,23H,2-4,6-7,14-15H2,1H3,(H2,29,38)(H2,30,40)(H,41,42)(H,31,32,33,34). The van der Waals surface area contributed by atoms with Crippen LogP contribution < -0.4 is 26.2 Å².